The maximum absolute atomic E-state index is 5.14. The molecule has 0 N–H and O–H groups in total. The Kier molecular flexibility index (Phi) is 2.67. The van der Waals surface area contributed by atoms with Gasteiger partial charge in [-0.2, -0.15) is 9.97 Å². The molecular weight excluding hydrogens is 298 g/mol. The van der Waals surface area contributed by atoms with Crippen LogP contribution >= 0.6 is 0 Å². The summed E-state index contributed by atoms with van der Waals surface area (Å²) in [5.74, 6) is 0.625. The van der Waals surface area contributed by atoms with Crippen molar-refractivity contribution in [2.24, 2.45) is 0 Å². The summed E-state index contributed by atoms with van der Waals surface area (Å²) in [6.07, 6.45) is 1.49. The lowest BCUT2D eigenvalue weighted by atomic mass is 9.92. The Balaban J connectivity index is 1.93. The fourth-order valence-electron chi connectivity index (χ4n) is 3.44. The number of rotatable bonds is 2. The van der Waals surface area contributed by atoms with Crippen LogP contribution in [0.2, 0.25) is 0 Å². The van der Waals surface area contributed by atoms with Gasteiger partial charge in [-0.3, -0.25) is 0 Å². The van der Waals surface area contributed by atoms with Gasteiger partial charge in [0.25, 0.3) is 0 Å². The molecule has 0 saturated heterocycles. The molecule has 0 bridgehead atoms. The van der Waals surface area contributed by atoms with Gasteiger partial charge in [0.15, 0.2) is 5.82 Å². The van der Waals surface area contributed by atoms with Gasteiger partial charge in [-0.25, -0.2) is 4.98 Å². The molecule has 5 rings (SSSR count). The average Bonchev–Trinajstić information content (AvgIpc) is 2.66. The second-order valence-corrected chi connectivity index (χ2v) is 5.76. The van der Waals surface area contributed by atoms with Gasteiger partial charge in [-0.15, -0.1) is 0 Å². The number of methoxy groups -OCH3 is 1. The van der Waals surface area contributed by atoms with Crippen LogP contribution in [0.15, 0.2) is 60.9 Å². The minimum Gasteiger partial charge on any atom is -0.467 e. The molecule has 0 atom stereocenters. The Morgan fingerprint density at radius 3 is 2.25 bits per heavy atom. The second-order valence-electron chi connectivity index (χ2n) is 5.76. The van der Waals surface area contributed by atoms with Gasteiger partial charge in [0.2, 0.25) is 0 Å². The zero-order valence-corrected chi connectivity index (χ0v) is 13.0. The minimum absolute atomic E-state index is 0.325. The Labute approximate surface area is 138 Å². The molecule has 24 heavy (non-hydrogen) atoms. The van der Waals surface area contributed by atoms with Gasteiger partial charge in [0, 0.05) is 5.56 Å². The summed E-state index contributed by atoms with van der Waals surface area (Å²) < 4.78 is 5.14. The zero-order chi connectivity index (χ0) is 16.1. The normalized spacial score (nSPS) is 11.5. The highest BCUT2D eigenvalue weighted by Crippen LogP contribution is 2.38. The van der Waals surface area contributed by atoms with Crippen LogP contribution in [0, 0.1) is 0 Å². The summed E-state index contributed by atoms with van der Waals surface area (Å²) >= 11 is 0. The molecule has 5 aromatic rings. The molecule has 4 heteroatoms. The maximum atomic E-state index is 5.14. The predicted molar refractivity (Wildman–Crippen MR) is 95.5 cm³/mol. The lowest BCUT2D eigenvalue weighted by Gasteiger charge is -2.13. The molecule has 0 aliphatic rings. The van der Waals surface area contributed by atoms with Gasteiger partial charge in [-0.05, 0) is 38.4 Å². The predicted octanol–water partition coefficient (Wildman–Crippen LogP) is 4.44. The summed E-state index contributed by atoms with van der Waals surface area (Å²) in [6, 6.07) is 19.6. The Morgan fingerprint density at radius 2 is 1.46 bits per heavy atom. The third kappa shape index (κ3) is 1.77. The van der Waals surface area contributed by atoms with E-state index in [-0.39, 0.29) is 0 Å². The summed E-state index contributed by atoms with van der Waals surface area (Å²) in [5, 5.41) is 7.40. The fourth-order valence-corrected chi connectivity index (χ4v) is 3.44. The molecule has 4 nitrogen and oxygen atoms in total. The van der Waals surface area contributed by atoms with E-state index in [9.17, 15) is 0 Å². The van der Waals surface area contributed by atoms with Gasteiger partial charge < -0.3 is 4.74 Å². The molecule has 1 aromatic heterocycles. The second kappa shape index (κ2) is 4.86. The molecule has 0 unspecified atom stereocenters. The van der Waals surface area contributed by atoms with Crippen molar-refractivity contribution in [1.82, 2.24) is 15.0 Å². The number of nitrogens with zero attached hydrogens (tertiary/aromatic N) is 3. The monoisotopic (exact) mass is 311 g/mol. The minimum atomic E-state index is 0.325. The van der Waals surface area contributed by atoms with Crippen LogP contribution in [0.5, 0.6) is 6.01 Å². The van der Waals surface area contributed by atoms with E-state index in [0.717, 1.165) is 10.9 Å². The molecular formula is C20H13N3O. The first-order chi connectivity index (χ1) is 11.8. The smallest absolute Gasteiger partial charge is 0.319 e. The topological polar surface area (TPSA) is 47.9 Å². The number of hydrogen-bond donors (Lipinski definition) is 0. The largest absolute Gasteiger partial charge is 0.467 e. The molecule has 0 aliphatic carbocycles. The molecule has 0 amide bonds. The van der Waals surface area contributed by atoms with E-state index in [1.54, 1.807) is 7.11 Å². The highest BCUT2D eigenvalue weighted by atomic mass is 16.5. The standard InChI is InChI=1S/C20H13N3O/c1-24-20-22-11-21-19(23-20)16-10-8-14-6-5-12-3-2-4-13-7-9-15(16)18(14)17(12)13/h2-11H,1H3. The lowest BCUT2D eigenvalue weighted by molar-refractivity contribution is 0.378. The Bertz CT molecular complexity index is 1180. The number of aromatic nitrogens is 3. The van der Waals surface area contributed by atoms with E-state index < -0.39 is 0 Å². The van der Waals surface area contributed by atoms with Gasteiger partial charge >= 0.3 is 6.01 Å². The highest BCUT2D eigenvalue weighted by molar-refractivity contribution is 6.25. The average molecular weight is 311 g/mol. The number of benzene rings is 4. The molecule has 0 aliphatic heterocycles. The highest BCUT2D eigenvalue weighted by Gasteiger charge is 2.13. The molecule has 0 fully saturated rings. The van der Waals surface area contributed by atoms with Gasteiger partial charge in [0.05, 0.1) is 7.11 Å². The van der Waals surface area contributed by atoms with E-state index >= 15 is 0 Å². The summed E-state index contributed by atoms with van der Waals surface area (Å²) in [6.45, 7) is 0. The van der Waals surface area contributed by atoms with Crippen LogP contribution in [0.25, 0.3) is 43.7 Å². The van der Waals surface area contributed by atoms with Crippen molar-refractivity contribution in [3.63, 3.8) is 0 Å². The van der Waals surface area contributed by atoms with Crippen LogP contribution in [0.4, 0.5) is 0 Å². The number of hydrogen-bond acceptors (Lipinski definition) is 4. The van der Waals surface area contributed by atoms with Crippen molar-refractivity contribution in [2.45, 2.75) is 0 Å². The van der Waals surface area contributed by atoms with E-state index in [2.05, 4.69) is 69.5 Å². The van der Waals surface area contributed by atoms with E-state index in [0.29, 0.717) is 11.8 Å². The molecule has 0 saturated carbocycles. The van der Waals surface area contributed by atoms with Crippen molar-refractivity contribution < 1.29 is 4.74 Å². The van der Waals surface area contributed by atoms with Crippen LogP contribution < -0.4 is 4.74 Å². The van der Waals surface area contributed by atoms with Crippen LogP contribution in [0.3, 0.4) is 0 Å². The Hall–Kier alpha value is -3.27. The quantitative estimate of drug-likeness (QED) is 0.452. The molecule has 1 heterocycles. The van der Waals surface area contributed by atoms with Crippen molar-refractivity contribution in [2.75, 3.05) is 7.11 Å². The maximum Gasteiger partial charge on any atom is 0.319 e. The molecule has 0 spiro atoms. The third-order valence-electron chi connectivity index (χ3n) is 4.50. The van der Waals surface area contributed by atoms with Crippen LogP contribution in [0.1, 0.15) is 0 Å². The molecule has 114 valence electrons. The Morgan fingerprint density at radius 1 is 0.750 bits per heavy atom. The van der Waals surface area contributed by atoms with Crippen molar-refractivity contribution in [3.8, 4) is 17.4 Å². The van der Waals surface area contributed by atoms with E-state index in [1.165, 1.54) is 33.3 Å². The van der Waals surface area contributed by atoms with E-state index in [1.807, 2.05) is 0 Å². The van der Waals surface area contributed by atoms with Crippen molar-refractivity contribution in [3.05, 3.63) is 60.9 Å². The van der Waals surface area contributed by atoms with E-state index in [4.69, 9.17) is 4.74 Å². The molecule has 0 radical (unpaired) electrons. The van der Waals surface area contributed by atoms with Crippen molar-refractivity contribution in [1.29, 1.82) is 0 Å². The lowest BCUT2D eigenvalue weighted by Crippen LogP contribution is -1.97. The molecule has 4 aromatic carbocycles. The summed E-state index contributed by atoms with van der Waals surface area (Å²) in [4.78, 5) is 12.7. The number of ether oxygens (including phenoxy) is 1. The first-order valence-electron chi connectivity index (χ1n) is 7.75. The fraction of sp³-hybridized carbons (Fsp3) is 0.0500. The van der Waals surface area contributed by atoms with Gasteiger partial charge in [-0.1, -0.05) is 48.5 Å². The third-order valence-corrected chi connectivity index (χ3v) is 4.50. The van der Waals surface area contributed by atoms with Gasteiger partial charge in [0.1, 0.15) is 6.33 Å². The first kappa shape index (κ1) is 13.2. The summed E-state index contributed by atoms with van der Waals surface area (Å²) in [7, 11) is 1.56. The first-order valence-corrected chi connectivity index (χ1v) is 7.75. The van der Waals surface area contributed by atoms with Crippen molar-refractivity contribution >= 4 is 32.3 Å². The SMILES string of the molecule is COc1ncnc(-c2ccc3ccc4cccc5ccc2c3c45)n1. The zero-order valence-electron chi connectivity index (χ0n) is 13.0. The van der Waals surface area contributed by atoms with Crippen LogP contribution in [-0.4, -0.2) is 22.1 Å². The summed E-state index contributed by atoms with van der Waals surface area (Å²) in [5.41, 5.74) is 0.987. The van der Waals surface area contributed by atoms with Crippen LogP contribution in [-0.2, 0) is 0 Å².